The molecule has 2 saturated heterocycles. The third-order valence-corrected chi connectivity index (χ3v) is 8.70. The number of aryl methyl sites for hydroxylation is 2. The van der Waals surface area contributed by atoms with E-state index in [9.17, 15) is 18.0 Å². The van der Waals surface area contributed by atoms with Crippen LogP contribution in [-0.4, -0.2) is 69.0 Å². The van der Waals surface area contributed by atoms with E-state index in [0.29, 0.717) is 56.8 Å². The predicted molar refractivity (Wildman–Crippen MR) is 115 cm³/mol. The van der Waals surface area contributed by atoms with Crippen molar-refractivity contribution >= 4 is 22.0 Å². The van der Waals surface area contributed by atoms with Crippen molar-refractivity contribution in [3.63, 3.8) is 0 Å². The van der Waals surface area contributed by atoms with Crippen LogP contribution in [0.25, 0.3) is 0 Å². The van der Waals surface area contributed by atoms with Gasteiger partial charge in [0, 0.05) is 38.1 Å². The molecule has 0 radical (unpaired) electrons. The fourth-order valence-corrected chi connectivity index (χ4v) is 6.39. The van der Waals surface area contributed by atoms with Gasteiger partial charge >= 0.3 is 6.09 Å². The first-order chi connectivity index (χ1) is 14.9. The van der Waals surface area contributed by atoms with Crippen LogP contribution in [0.15, 0.2) is 23.1 Å². The van der Waals surface area contributed by atoms with Crippen LogP contribution in [-0.2, 0) is 32.4 Å². The monoisotopic (exact) mass is 449 g/mol. The standard InChI is InChI=1S/C22H31N3O5S/c1-30-22(27)24-11-9-19(10-12-24)23-21(26)17-7-13-25(14-8-17)31(28,29)20-6-5-16-3-2-4-18(16)15-20/h5-6,15,17,19H,2-4,7-14H2,1H3,(H,23,26). The molecule has 1 aromatic rings. The van der Waals surface area contributed by atoms with Crippen LogP contribution in [0.3, 0.4) is 0 Å². The summed E-state index contributed by atoms with van der Waals surface area (Å²) in [5, 5.41) is 3.09. The molecule has 0 aromatic heterocycles. The number of likely N-dealkylation sites (tertiary alicyclic amines) is 1. The van der Waals surface area contributed by atoms with E-state index in [2.05, 4.69) is 5.32 Å². The summed E-state index contributed by atoms with van der Waals surface area (Å²) in [7, 11) is -2.16. The van der Waals surface area contributed by atoms with Crippen LogP contribution in [0.5, 0.6) is 0 Å². The Kier molecular flexibility index (Phi) is 6.52. The highest BCUT2D eigenvalue weighted by atomic mass is 32.2. The number of piperidine rings is 2. The Morgan fingerprint density at radius 1 is 1.00 bits per heavy atom. The van der Waals surface area contributed by atoms with E-state index >= 15 is 0 Å². The SMILES string of the molecule is COC(=O)N1CCC(NC(=O)C2CCN(S(=O)(=O)c3ccc4c(c3)CCC4)CC2)CC1. The zero-order chi connectivity index (χ0) is 22.0. The van der Waals surface area contributed by atoms with Crippen LogP contribution < -0.4 is 5.32 Å². The molecule has 2 aliphatic heterocycles. The molecular weight excluding hydrogens is 418 g/mol. The number of methoxy groups -OCH3 is 1. The molecule has 2 fully saturated rings. The van der Waals surface area contributed by atoms with Gasteiger partial charge in [0.25, 0.3) is 0 Å². The second-order valence-corrected chi connectivity index (χ2v) is 10.6. The Bertz CT molecular complexity index is 932. The van der Waals surface area contributed by atoms with E-state index in [4.69, 9.17) is 4.74 Å². The molecular formula is C22H31N3O5S. The lowest BCUT2D eigenvalue weighted by atomic mass is 9.96. The molecule has 9 heteroatoms. The Morgan fingerprint density at radius 2 is 1.68 bits per heavy atom. The number of nitrogens with zero attached hydrogens (tertiary/aromatic N) is 2. The number of sulfonamides is 1. The van der Waals surface area contributed by atoms with Crippen molar-refractivity contribution in [2.45, 2.75) is 55.9 Å². The van der Waals surface area contributed by atoms with Gasteiger partial charge in [0.1, 0.15) is 0 Å². The van der Waals surface area contributed by atoms with Gasteiger partial charge in [-0.1, -0.05) is 6.07 Å². The van der Waals surface area contributed by atoms with E-state index in [1.54, 1.807) is 11.0 Å². The predicted octanol–water partition coefficient (Wildman–Crippen LogP) is 1.92. The van der Waals surface area contributed by atoms with Crippen molar-refractivity contribution in [2.75, 3.05) is 33.3 Å². The summed E-state index contributed by atoms with van der Waals surface area (Å²) >= 11 is 0. The van der Waals surface area contributed by atoms with Gasteiger partial charge in [-0.25, -0.2) is 13.2 Å². The zero-order valence-corrected chi connectivity index (χ0v) is 18.8. The van der Waals surface area contributed by atoms with Crippen molar-refractivity contribution in [3.05, 3.63) is 29.3 Å². The lowest BCUT2D eigenvalue weighted by Crippen LogP contribution is -2.49. The quantitative estimate of drug-likeness (QED) is 0.758. The maximum atomic E-state index is 13.1. The Hall–Kier alpha value is -2.13. The van der Waals surface area contributed by atoms with E-state index in [-0.39, 0.29) is 24.0 Å². The normalized spacial score (nSPS) is 21.0. The first-order valence-electron chi connectivity index (χ1n) is 11.1. The fourth-order valence-electron chi connectivity index (χ4n) is 4.87. The molecule has 0 spiro atoms. The first kappa shape index (κ1) is 22.1. The van der Waals surface area contributed by atoms with Gasteiger partial charge in [-0.2, -0.15) is 4.31 Å². The van der Waals surface area contributed by atoms with Crippen molar-refractivity contribution < 1.29 is 22.7 Å². The van der Waals surface area contributed by atoms with Gasteiger partial charge in [0.2, 0.25) is 15.9 Å². The molecule has 0 unspecified atom stereocenters. The molecule has 1 N–H and O–H groups in total. The molecule has 0 saturated carbocycles. The van der Waals surface area contributed by atoms with Crippen LogP contribution in [0.2, 0.25) is 0 Å². The van der Waals surface area contributed by atoms with E-state index < -0.39 is 10.0 Å². The van der Waals surface area contributed by atoms with Gasteiger partial charge in [0.05, 0.1) is 12.0 Å². The summed E-state index contributed by atoms with van der Waals surface area (Å²) in [6.45, 7) is 1.85. The lowest BCUT2D eigenvalue weighted by molar-refractivity contribution is -0.127. The van der Waals surface area contributed by atoms with Gasteiger partial charge < -0.3 is 15.0 Å². The maximum absolute atomic E-state index is 13.1. The summed E-state index contributed by atoms with van der Waals surface area (Å²) in [5.74, 6) is -0.184. The topological polar surface area (TPSA) is 96.0 Å². The molecule has 8 nitrogen and oxygen atoms in total. The molecule has 170 valence electrons. The summed E-state index contributed by atoms with van der Waals surface area (Å²) in [5.41, 5.74) is 2.40. The highest BCUT2D eigenvalue weighted by Crippen LogP contribution is 2.28. The van der Waals surface area contributed by atoms with Crippen LogP contribution in [0, 0.1) is 5.92 Å². The second kappa shape index (κ2) is 9.16. The summed E-state index contributed by atoms with van der Waals surface area (Å²) in [6.07, 6.45) is 5.17. The molecule has 0 bridgehead atoms. The molecule has 2 amide bonds. The van der Waals surface area contributed by atoms with Gasteiger partial charge in [-0.05, 0) is 68.2 Å². The Labute approximate surface area is 184 Å². The summed E-state index contributed by atoms with van der Waals surface area (Å²) < 4.78 is 32.4. The number of ether oxygens (including phenoxy) is 1. The van der Waals surface area contributed by atoms with Gasteiger partial charge in [-0.3, -0.25) is 4.79 Å². The minimum absolute atomic E-state index is 0.00824. The smallest absolute Gasteiger partial charge is 0.409 e. The van der Waals surface area contributed by atoms with Crippen molar-refractivity contribution in [1.82, 2.24) is 14.5 Å². The van der Waals surface area contributed by atoms with E-state index in [1.807, 2.05) is 12.1 Å². The number of carbonyl (C=O) groups is 2. The number of amides is 2. The van der Waals surface area contributed by atoms with E-state index in [0.717, 1.165) is 24.8 Å². The molecule has 3 aliphatic rings. The average Bonchev–Trinajstić information content (AvgIpc) is 3.27. The van der Waals surface area contributed by atoms with Crippen molar-refractivity contribution in [3.8, 4) is 0 Å². The largest absolute Gasteiger partial charge is 0.453 e. The number of carbonyl (C=O) groups excluding carboxylic acids is 2. The summed E-state index contributed by atoms with van der Waals surface area (Å²) in [6, 6.07) is 5.54. The third-order valence-electron chi connectivity index (χ3n) is 6.81. The number of nitrogens with one attached hydrogen (secondary N) is 1. The molecule has 1 aromatic carbocycles. The highest BCUT2D eigenvalue weighted by molar-refractivity contribution is 7.89. The zero-order valence-electron chi connectivity index (χ0n) is 18.0. The maximum Gasteiger partial charge on any atom is 0.409 e. The number of hydrogen-bond acceptors (Lipinski definition) is 5. The number of hydrogen-bond donors (Lipinski definition) is 1. The van der Waals surface area contributed by atoms with Crippen molar-refractivity contribution in [1.29, 1.82) is 0 Å². The molecule has 0 atom stereocenters. The van der Waals surface area contributed by atoms with Crippen LogP contribution in [0.1, 0.15) is 43.2 Å². The second-order valence-electron chi connectivity index (χ2n) is 8.70. The Morgan fingerprint density at radius 3 is 2.35 bits per heavy atom. The number of rotatable bonds is 4. The van der Waals surface area contributed by atoms with Crippen LogP contribution in [0.4, 0.5) is 4.79 Å². The number of fused-ring (bicyclic) bond motifs is 1. The third kappa shape index (κ3) is 4.72. The molecule has 2 heterocycles. The average molecular weight is 450 g/mol. The van der Waals surface area contributed by atoms with Gasteiger partial charge in [0.15, 0.2) is 0 Å². The highest BCUT2D eigenvalue weighted by Gasteiger charge is 2.34. The molecule has 1 aliphatic carbocycles. The van der Waals surface area contributed by atoms with Gasteiger partial charge in [-0.15, -0.1) is 0 Å². The molecule has 4 rings (SSSR count). The minimum Gasteiger partial charge on any atom is -0.453 e. The number of benzene rings is 1. The van der Waals surface area contributed by atoms with E-state index in [1.165, 1.54) is 17.0 Å². The fraction of sp³-hybridized carbons (Fsp3) is 0.636. The lowest BCUT2D eigenvalue weighted by Gasteiger charge is -2.34. The molecule has 31 heavy (non-hydrogen) atoms. The van der Waals surface area contributed by atoms with Crippen molar-refractivity contribution in [2.24, 2.45) is 5.92 Å². The summed E-state index contributed by atoms with van der Waals surface area (Å²) in [4.78, 5) is 26.3. The minimum atomic E-state index is -3.52. The van der Waals surface area contributed by atoms with Crippen LogP contribution >= 0.6 is 0 Å². The first-order valence-corrected chi connectivity index (χ1v) is 12.6. The Balaban J connectivity index is 1.28.